The first-order valence-corrected chi connectivity index (χ1v) is 18.4. The molecule has 2 aliphatic rings. The average molecular weight is 691 g/mol. The van der Waals surface area contributed by atoms with E-state index in [1.807, 2.05) is 6.07 Å². The fourth-order valence-corrected chi connectivity index (χ4v) is 9.47. The Morgan fingerprint density at radius 2 is 1.04 bits per heavy atom. The Balaban J connectivity index is 1.18. The van der Waals surface area contributed by atoms with Gasteiger partial charge in [-0.15, -0.1) is 0 Å². The molecular weight excluding hydrogens is 657 g/mol. The van der Waals surface area contributed by atoms with Gasteiger partial charge in [-0.05, 0) is 105 Å². The third-order valence-electron chi connectivity index (χ3n) is 11.6. The number of rotatable bonds is 4. The summed E-state index contributed by atoms with van der Waals surface area (Å²) in [6.45, 7) is 0. The lowest BCUT2D eigenvalue weighted by Crippen LogP contribution is -2.36. The van der Waals surface area contributed by atoms with Crippen molar-refractivity contribution in [2.24, 2.45) is 5.73 Å². The van der Waals surface area contributed by atoms with E-state index in [9.17, 15) is 0 Å². The molecule has 0 amide bonds. The minimum atomic E-state index is -0.625. The Labute approximate surface area is 313 Å². The number of nitrogens with zero attached hydrogens (tertiary/aromatic N) is 2. The largest absolute Gasteiger partial charge is 0.384 e. The SMILES string of the molecule is N=C(N)c1cccc2c1-c1cc(-c3ccc4c(c3)c3ccccc3n4-c3ccccc3)ccc1C21c2ccccc2N(c2ccccc2)c2ccccc21. The Morgan fingerprint density at radius 3 is 1.76 bits per heavy atom. The molecule has 54 heavy (non-hydrogen) atoms. The maximum absolute atomic E-state index is 8.81. The zero-order valence-corrected chi connectivity index (χ0v) is 29.4. The number of para-hydroxylation sites is 5. The lowest BCUT2D eigenvalue weighted by molar-refractivity contribution is 0.752. The molecule has 11 rings (SSSR count). The molecule has 9 aromatic rings. The summed E-state index contributed by atoms with van der Waals surface area (Å²) in [6, 6.07) is 67.6. The number of nitrogens with two attached hydrogens (primary N) is 1. The van der Waals surface area contributed by atoms with Crippen LogP contribution in [0, 0.1) is 5.41 Å². The van der Waals surface area contributed by atoms with Gasteiger partial charge in [-0.25, -0.2) is 0 Å². The van der Waals surface area contributed by atoms with Gasteiger partial charge in [-0.3, -0.25) is 5.41 Å². The molecule has 0 saturated heterocycles. The minimum absolute atomic E-state index is 0.0682. The second-order valence-electron chi connectivity index (χ2n) is 14.3. The van der Waals surface area contributed by atoms with Crippen LogP contribution in [0.2, 0.25) is 0 Å². The van der Waals surface area contributed by atoms with Crippen LogP contribution in [0.3, 0.4) is 0 Å². The van der Waals surface area contributed by atoms with Gasteiger partial charge in [-0.1, -0.05) is 127 Å². The summed E-state index contributed by atoms with van der Waals surface area (Å²) in [5.74, 6) is 0.0682. The summed E-state index contributed by atoms with van der Waals surface area (Å²) in [5.41, 5.74) is 22.6. The first-order valence-electron chi connectivity index (χ1n) is 18.4. The van der Waals surface area contributed by atoms with Gasteiger partial charge >= 0.3 is 0 Å². The number of hydrogen-bond acceptors (Lipinski definition) is 2. The predicted molar refractivity (Wildman–Crippen MR) is 223 cm³/mol. The van der Waals surface area contributed by atoms with Crippen molar-refractivity contribution in [3.8, 4) is 27.9 Å². The molecule has 1 aliphatic heterocycles. The highest BCUT2D eigenvalue weighted by atomic mass is 15.2. The number of anilines is 3. The van der Waals surface area contributed by atoms with Gasteiger partial charge in [0.25, 0.3) is 0 Å². The Kier molecular flexibility index (Phi) is 6.44. The number of nitrogen functional groups attached to an aromatic ring is 1. The molecule has 1 aliphatic carbocycles. The van der Waals surface area contributed by atoms with Gasteiger partial charge in [0, 0.05) is 27.7 Å². The molecule has 4 nitrogen and oxygen atoms in total. The average Bonchev–Trinajstić information content (AvgIpc) is 3.72. The van der Waals surface area contributed by atoms with Gasteiger partial charge < -0.3 is 15.2 Å². The van der Waals surface area contributed by atoms with Gasteiger partial charge in [0.2, 0.25) is 0 Å². The Hall–Kier alpha value is -7.17. The summed E-state index contributed by atoms with van der Waals surface area (Å²) < 4.78 is 2.35. The quantitative estimate of drug-likeness (QED) is 0.143. The van der Waals surface area contributed by atoms with Gasteiger partial charge in [0.1, 0.15) is 5.84 Å². The molecule has 0 bridgehead atoms. The van der Waals surface area contributed by atoms with E-state index in [0.717, 1.165) is 56.1 Å². The highest BCUT2D eigenvalue weighted by molar-refractivity contribution is 6.11. The highest BCUT2D eigenvalue weighted by Crippen LogP contribution is 2.64. The second-order valence-corrected chi connectivity index (χ2v) is 14.3. The Bertz CT molecular complexity index is 2930. The molecule has 2 heterocycles. The standard InChI is InChI=1S/C50H34N4/c51-49(52)37-19-13-22-43-48(37)39-31-32(33-27-29-45-38(30-33)36-18-7-10-23-44(36)53(45)34-14-3-1-4-15-34)26-28-40(39)50(43)41-20-8-11-24-46(41)54(35-16-5-2-6-17-35)47-25-12-9-21-42(47)50/h1-31H,(H3,51,52). The summed E-state index contributed by atoms with van der Waals surface area (Å²) in [7, 11) is 0. The zero-order valence-electron chi connectivity index (χ0n) is 29.4. The lowest BCUT2D eigenvalue weighted by atomic mass is 9.64. The number of hydrogen-bond donors (Lipinski definition) is 2. The van der Waals surface area contributed by atoms with Crippen molar-refractivity contribution in [2.45, 2.75) is 5.41 Å². The van der Waals surface area contributed by atoms with Crippen LogP contribution >= 0.6 is 0 Å². The fourth-order valence-electron chi connectivity index (χ4n) is 9.47. The van der Waals surface area contributed by atoms with Gasteiger partial charge in [0.15, 0.2) is 0 Å². The van der Waals surface area contributed by atoms with Crippen LogP contribution in [-0.4, -0.2) is 10.4 Å². The first kappa shape index (κ1) is 30.5. The van der Waals surface area contributed by atoms with E-state index in [4.69, 9.17) is 11.1 Å². The number of amidine groups is 1. The molecule has 4 heteroatoms. The maximum atomic E-state index is 8.81. The molecule has 8 aromatic carbocycles. The van der Waals surface area contributed by atoms with Crippen molar-refractivity contribution in [2.75, 3.05) is 4.90 Å². The molecule has 1 spiro atoms. The molecule has 0 fully saturated rings. The number of nitrogens with one attached hydrogen (secondary N) is 1. The number of fused-ring (bicyclic) bond motifs is 12. The maximum Gasteiger partial charge on any atom is 0.123 e. The third kappa shape index (κ3) is 4.05. The van der Waals surface area contributed by atoms with Crippen LogP contribution in [0.25, 0.3) is 49.7 Å². The number of benzene rings is 8. The van der Waals surface area contributed by atoms with Crippen LogP contribution in [0.5, 0.6) is 0 Å². The van der Waals surface area contributed by atoms with Crippen LogP contribution in [0.4, 0.5) is 17.1 Å². The summed E-state index contributed by atoms with van der Waals surface area (Å²) in [5, 5.41) is 11.2. The van der Waals surface area contributed by atoms with E-state index in [-0.39, 0.29) is 5.84 Å². The van der Waals surface area contributed by atoms with Crippen LogP contribution in [0.15, 0.2) is 188 Å². The molecule has 0 radical (unpaired) electrons. The van der Waals surface area contributed by atoms with Crippen LogP contribution in [0.1, 0.15) is 27.8 Å². The second kappa shape index (κ2) is 11.4. The summed E-state index contributed by atoms with van der Waals surface area (Å²) in [4.78, 5) is 2.39. The van der Waals surface area contributed by atoms with E-state index >= 15 is 0 Å². The molecule has 254 valence electrons. The van der Waals surface area contributed by atoms with Gasteiger partial charge in [0.05, 0.1) is 27.8 Å². The topological polar surface area (TPSA) is 58.0 Å². The smallest absolute Gasteiger partial charge is 0.123 e. The lowest BCUT2D eigenvalue weighted by Gasteiger charge is -2.45. The summed E-state index contributed by atoms with van der Waals surface area (Å²) in [6.07, 6.45) is 0. The Morgan fingerprint density at radius 1 is 0.463 bits per heavy atom. The zero-order chi connectivity index (χ0) is 36.0. The van der Waals surface area contributed by atoms with Crippen molar-refractivity contribution >= 4 is 44.7 Å². The van der Waals surface area contributed by atoms with E-state index in [2.05, 4.69) is 191 Å². The minimum Gasteiger partial charge on any atom is -0.384 e. The molecule has 0 unspecified atom stereocenters. The number of aromatic nitrogens is 1. The predicted octanol–water partition coefficient (Wildman–Crippen LogP) is 11.9. The summed E-state index contributed by atoms with van der Waals surface area (Å²) >= 11 is 0. The van der Waals surface area contributed by atoms with E-state index in [1.165, 1.54) is 38.5 Å². The first-order chi connectivity index (χ1) is 26.6. The highest BCUT2D eigenvalue weighted by Gasteiger charge is 2.52. The fraction of sp³-hybridized carbons (Fsp3) is 0.0200. The normalized spacial score (nSPS) is 13.4. The molecule has 3 N–H and O–H groups in total. The molecular formula is C50H34N4. The van der Waals surface area contributed by atoms with Crippen molar-refractivity contribution in [3.63, 3.8) is 0 Å². The van der Waals surface area contributed by atoms with E-state index < -0.39 is 5.41 Å². The van der Waals surface area contributed by atoms with E-state index in [1.54, 1.807) is 0 Å². The van der Waals surface area contributed by atoms with Crippen LogP contribution in [-0.2, 0) is 5.41 Å². The van der Waals surface area contributed by atoms with E-state index in [0.29, 0.717) is 0 Å². The van der Waals surface area contributed by atoms with Crippen molar-refractivity contribution in [3.05, 3.63) is 216 Å². The van der Waals surface area contributed by atoms with Crippen LogP contribution < -0.4 is 10.6 Å². The van der Waals surface area contributed by atoms with Crippen molar-refractivity contribution < 1.29 is 0 Å². The monoisotopic (exact) mass is 690 g/mol. The van der Waals surface area contributed by atoms with Crippen molar-refractivity contribution in [1.29, 1.82) is 5.41 Å². The van der Waals surface area contributed by atoms with Gasteiger partial charge in [-0.2, -0.15) is 0 Å². The molecule has 0 saturated carbocycles. The third-order valence-corrected chi connectivity index (χ3v) is 11.6. The molecule has 1 aromatic heterocycles. The van der Waals surface area contributed by atoms with Crippen molar-refractivity contribution in [1.82, 2.24) is 4.57 Å². The molecule has 0 atom stereocenters.